The third-order valence-electron chi connectivity index (χ3n) is 3.15. The molecule has 0 spiro atoms. The highest BCUT2D eigenvalue weighted by Crippen LogP contribution is 2.26. The van der Waals surface area contributed by atoms with Gasteiger partial charge in [-0.1, -0.05) is 40.9 Å². The van der Waals surface area contributed by atoms with Gasteiger partial charge in [-0.15, -0.1) is 0 Å². The van der Waals surface area contributed by atoms with E-state index in [-0.39, 0.29) is 6.03 Å². The maximum Gasteiger partial charge on any atom is 0.319 e. The molecule has 0 atom stereocenters. The lowest BCUT2D eigenvalue weighted by atomic mass is 10.1. The Balaban J connectivity index is 1.57. The summed E-state index contributed by atoms with van der Waals surface area (Å²) in [5.41, 5.74) is 2.33. The monoisotopic (exact) mass is 368 g/mol. The van der Waals surface area contributed by atoms with Gasteiger partial charge in [0.1, 0.15) is 5.15 Å². The second-order valence-corrected chi connectivity index (χ2v) is 6.20. The maximum atomic E-state index is 11.9. The Hall–Kier alpha value is -1.82. The van der Waals surface area contributed by atoms with E-state index in [1.54, 1.807) is 24.3 Å². The molecule has 2 heterocycles. The quantitative estimate of drug-likeness (QED) is 0.783. The molecule has 0 saturated heterocycles. The van der Waals surface area contributed by atoms with E-state index in [9.17, 15) is 4.79 Å². The summed E-state index contributed by atoms with van der Waals surface area (Å²) in [7, 11) is 0. The number of nitrogens with zero attached hydrogens (tertiary/aromatic N) is 2. The lowest BCUT2D eigenvalue weighted by molar-refractivity contribution is 0.253. The van der Waals surface area contributed by atoms with Crippen LogP contribution in [-0.4, -0.2) is 23.3 Å². The number of benzene rings is 1. The molecule has 3 rings (SSSR count). The van der Waals surface area contributed by atoms with E-state index in [0.717, 1.165) is 11.3 Å². The fourth-order valence-electron chi connectivity index (χ4n) is 2.18. The smallest absolute Gasteiger partial charge is 0.319 e. The van der Waals surface area contributed by atoms with Crippen LogP contribution in [0.5, 0.6) is 0 Å². The molecule has 2 N–H and O–H groups in total. The number of anilines is 1. The molecular formula is C15H11Cl3N4O. The zero-order chi connectivity index (χ0) is 16.4. The van der Waals surface area contributed by atoms with Crippen molar-refractivity contribution in [3.63, 3.8) is 0 Å². The molecule has 0 saturated carbocycles. The van der Waals surface area contributed by atoms with Crippen LogP contribution in [0.2, 0.25) is 15.2 Å². The predicted octanol–water partition coefficient (Wildman–Crippen LogP) is 4.49. The predicted molar refractivity (Wildman–Crippen MR) is 93.5 cm³/mol. The lowest BCUT2D eigenvalue weighted by Gasteiger charge is -2.08. The molecule has 118 valence electrons. The van der Waals surface area contributed by atoms with Crippen LogP contribution in [0, 0.1) is 0 Å². The number of fused-ring (bicyclic) bond motifs is 1. The topological polar surface area (TPSA) is 66.4 Å². The number of hydrogen-bond donors (Lipinski definition) is 2. The van der Waals surface area contributed by atoms with Gasteiger partial charge < -0.3 is 10.6 Å². The number of pyridine rings is 1. The summed E-state index contributed by atoms with van der Waals surface area (Å²) in [4.78, 5) is 20.4. The number of aromatic nitrogens is 1. The first-order valence-electron chi connectivity index (χ1n) is 6.72. The van der Waals surface area contributed by atoms with Gasteiger partial charge >= 0.3 is 6.03 Å². The number of rotatable bonds is 3. The summed E-state index contributed by atoms with van der Waals surface area (Å²) in [6.07, 6.45) is 0.642. The standard InChI is InChI=1S/C15H11Cl3N4O/c16-9-4-10(17)6-11(5-9)21-15(23)19-7-12-3-8-1-2-13(18)22-14(8)20-12/h1-2,4-6H,3,7H2,(H2,19,21,23). The second kappa shape index (κ2) is 6.74. The minimum absolute atomic E-state index is 0.314. The Labute approximate surface area is 147 Å². The molecule has 0 aliphatic carbocycles. The number of hydrogen-bond acceptors (Lipinski definition) is 3. The van der Waals surface area contributed by atoms with Crippen LogP contribution >= 0.6 is 34.8 Å². The fourth-order valence-corrected chi connectivity index (χ4v) is 2.85. The van der Waals surface area contributed by atoms with E-state index in [1.165, 1.54) is 0 Å². The summed E-state index contributed by atoms with van der Waals surface area (Å²) in [6.45, 7) is 0.314. The van der Waals surface area contributed by atoms with Crippen molar-refractivity contribution in [2.24, 2.45) is 4.99 Å². The first kappa shape index (κ1) is 16.1. The number of carbonyl (C=O) groups is 1. The van der Waals surface area contributed by atoms with Gasteiger partial charge in [0.2, 0.25) is 0 Å². The average Bonchev–Trinajstić information content (AvgIpc) is 2.86. The van der Waals surface area contributed by atoms with E-state index in [1.807, 2.05) is 6.07 Å². The lowest BCUT2D eigenvalue weighted by Crippen LogP contribution is -2.33. The van der Waals surface area contributed by atoms with Crippen LogP contribution in [0.25, 0.3) is 0 Å². The van der Waals surface area contributed by atoms with Gasteiger partial charge in [-0.3, -0.25) is 0 Å². The van der Waals surface area contributed by atoms with Gasteiger partial charge in [0.15, 0.2) is 5.82 Å². The van der Waals surface area contributed by atoms with Crippen molar-refractivity contribution in [1.29, 1.82) is 0 Å². The van der Waals surface area contributed by atoms with Crippen LogP contribution < -0.4 is 10.6 Å². The van der Waals surface area contributed by atoms with Crippen LogP contribution in [0.1, 0.15) is 5.56 Å². The largest absolute Gasteiger partial charge is 0.333 e. The minimum atomic E-state index is -0.368. The van der Waals surface area contributed by atoms with Crippen LogP contribution in [0.4, 0.5) is 16.3 Å². The highest BCUT2D eigenvalue weighted by Gasteiger charge is 2.16. The molecule has 8 heteroatoms. The van der Waals surface area contributed by atoms with Crippen LogP contribution in [-0.2, 0) is 6.42 Å². The Morgan fingerprint density at radius 3 is 2.61 bits per heavy atom. The van der Waals surface area contributed by atoms with Crippen LogP contribution in [0.15, 0.2) is 35.3 Å². The maximum absolute atomic E-state index is 11.9. The van der Waals surface area contributed by atoms with Crippen molar-refractivity contribution in [3.05, 3.63) is 51.1 Å². The molecule has 1 aliphatic heterocycles. The average molecular weight is 370 g/mol. The van der Waals surface area contributed by atoms with E-state index < -0.39 is 0 Å². The number of halogens is 3. The number of urea groups is 1. The summed E-state index contributed by atoms with van der Waals surface area (Å²) in [5.74, 6) is 0.608. The van der Waals surface area contributed by atoms with Crippen molar-refractivity contribution in [2.75, 3.05) is 11.9 Å². The zero-order valence-corrected chi connectivity index (χ0v) is 14.0. The minimum Gasteiger partial charge on any atom is -0.333 e. The van der Waals surface area contributed by atoms with E-state index >= 15 is 0 Å². The Morgan fingerprint density at radius 1 is 1.13 bits per heavy atom. The van der Waals surface area contributed by atoms with Gasteiger partial charge in [-0.05, 0) is 24.3 Å². The summed E-state index contributed by atoms with van der Waals surface area (Å²) in [5, 5.41) is 6.70. The van der Waals surface area contributed by atoms with Crippen molar-refractivity contribution >= 4 is 58.1 Å². The Morgan fingerprint density at radius 2 is 1.87 bits per heavy atom. The van der Waals surface area contributed by atoms with Gasteiger partial charge in [0.25, 0.3) is 0 Å². The van der Waals surface area contributed by atoms with Crippen molar-refractivity contribution in [1.82, 2.24) is 10.3 Å². The SMILES string of the molecule is O=C(NCC1=Nc2nc(Cl)ccc2C1)Nc1cc(Cl)cc(Cl)c1. The first-order chi connectivity index (χ1) is 11.0. The molecule has 0 radical (unpaired) electrons. The van der Waals surface area contributed by atoms with E-state index in [2.05, 4.69) is 20.6 Å². The molecule has 0 unspecified atom stereocenters. The van der Waals surface area contributed by atoms with Crippen molar-refractivity contribution in [2.45, 2.75) is 6.42 Å². The molecule has 0 bridgehead atoms. The molecule has 1 aromatic heterocycles. The van der Waals surface area contributed by atoms with Crippen molar-refractivity contribution in [3.8, 4) is 0 Å². The molecule has 5 nitrogen and oxygen atoms in total. The molecule has 1 aliphatic rings. The highest BCUT2D eigenvalue weighted by molar-refractivity contribution is 6.35. The second-order valence-electron chi connectivity index (χ2n) is 4.94. The molecule has 1 aromatic carbocycles. The van der Waals surface area contributed by atoms with E-state index in [0.29, 0.717) is 39.7 Å². The number of amides is 2. The molecule has 2 amide bonds. The number of aliphatic imine (C=N–C) groups is 1. The summed E-state index contributed by atoms with van der Waals surface area (Å²) >= 11 is 17.6. The Kier molecular flexibility index (Phi) is 4.71. The third-order valence-corrected chi connectivity index (χ3v) is 3.80. The van der Waals surface area contributed by atoms with Gasteiger partial charge in [-0.2, -0.15) is 0 Å². The van der Waals surface area contributed by atoms with Crippen molar-refractivity contribution < 1.29 is 4.79 Å². The zero-order valence-electron chi connectivity index (χ0n) is 11.7. The van der Waals surface area contributed by atoms with E-state index in [4.69, 9.17) is 34.8 Å². The first-order valence-corrected chi connectivity index (χ1v) is 7.86. The molecular weight excluding hydrogens is 359 g/mol. The van der Waals surface area contributed by atoms with Crippen LogP contribution in [0.3, 0.4) is 0 Å². The summed E-state index contributed by atoms with van der Waals surface area (Å²) < 4.78 is 0. The Bertz CT molecular complexity index is 787. The van der Waals surface area contributed by atoms with Gasteiger partial charge in [-0.25, -0.2) is 14.8 Å². The molecule has 0 fully saturated rings. The number of nitrogens with one attached hydrogen (secondary N) is 2. The normalized spacial score (nSPS) is 12.6. The summed E-state index contributed by atoms with van der Waals surface area (Å²) in [6, 6.07) is 8.06. The third kappa shape index (κ3) is 4.13. The highest BCUT2D eigenvalue weighted by atomic mass is 35.5. The fraction of sp³-hybridized carbons (Fsp3) is 0.133. The number of carbonyl (C=O) groups excluding carboxylic acids is 1. The van der Waals surface area contributed by atoms with Gasteiger partial charge in [0.05, 0.1) is 6.54 Å². The van der Waals surface area contributed by atoms with Gasteiger partial charge in [0, 0.05) is 33.4 Å². The molecule has 2 aromatic rings. The molecule has 23 heavy (non-hydrogen) atoms.